The molecule has 1 saturated heterocycles. The summed E-state index contributed by atoms with van der Waals surface area (Å²) in [6.07, 6.45) is 1.89. The minimum absolute atomic E-state index is 0.0784. The number of amides is 1. The van der Waals surface area contributed by atoms with E-state index in [1.54, 1.807) is 12.1 Å². The van der Waals surface area contributed by atoms with Gasteiger partial charge in [0.05, 0.1) is 15.9 Å². The van der Waals surface area contributed by atoms with Crippen LogP contribution in [-0.2, 0) is 10.0 Å². The lowest BCUT2D eigenvalue weighted by molar-refractivity contribution is 0.0703. The van der Waals surface area contributed by atoms with Crippen LogP contribution in [0.2, 0.25) is 0 Å². The number of nitrogens with one attached hydrogen (secondary N) is 1. The third-order valence-electron chi connectivity index (χ3n) is 5.89. The highest BCUT2D eigenvalue weighted by atomic mass is 32.2. The number of carbonyl (C=O) groups is 1. The maximum absolute atomic E-state index is 13.1. The zero-order chi connectivity index (χ0) is 22.2. The van der Waals surface area contributed by atoms with Crippen LogP contribution in [0.5, 0.6) is 0 Å². The van der Waals surface area contributed by atoms with Crippen LogP contribution < -0.4 is 4.72 Å². The van der Waals surface area contributed by atoms with Crippen molar-refractivity contribution in [1.29, 1.82) is 0 Å². The molecule has 31 heavy (non-hydrogen) atoms. The number of sulfonamides is 1. The van der Waals surface area contributed by atoms with Crippen LogP contribution >= 0.6 is 0 Å². The summed E-state index contributed by atoms with van der Waals surface area (Å²) in [4.78, 5) is 20.1. The lowest BCUT2D eigenvalue weighted by Crippen LogP contribution is -2.39. The molecule has 3 aromatic rings. The van der Waals surface area contributed by atoms with Crippen molar-refractivity contribution < 1.29 is 13.2 Å². The van der Waals surface area contributed by atoms with Crippen LogP contribution in [0, 0.1) is 0 Å². The van der Waals surface area contributed by atoms with Crippen LogP contribution in [-0.4, -0.2) is 48.9 Å². The number of fused-ring (bicyclic) bond motifs is 1. The van der Waals surface area contributed by atoms with E-state index in [4.69, 9.17) is 4.98 Å². The monoisotopic (exact) mass is 440 g/mol. The molecule has 164 valence electrons. The Morgan fingerprint density at radius 2 is 1.84 bits per heavy atom. The van der Waals surface area contributed by atoms with Crippen LogP contribution in [0.3, 0.4) is 0 Å². The van der Waals surface area contributed by atoms with Crippen molar-refractivity contribution in [3.8, 4) is 0 Å². The van der Waals surface area contributed by atoms with Gasteiger partial charge in [-0.1, -0.05) is 12.1 Å². The third kappa shape index (κ3) is 4.09. The Kier molecular flexibility index (Phi) is 5.85. The molecule has 7 nitrogen and oxygen atoms in total. The maximum Gasteiger partial charge on any atom is 0.253 e. The third-order valence-corrected chi connectivity index (χ3v) is 7.32. The fraction of sp³-hybridized carbons (Fsp3) is 0.391. The normalized spacial score (nSPS) is 17.4. The van der Waals surface area contributed by atoms with Gasteiger partial charge in [0.25, 0.3) is 5.91 Å². The van der Waals surface area contributed by atoms with Gasteiger partial charge in [-0.05, 0) is 70.1 Å². The van der Waals surface area contributed by atoms with E-state index in [0.29, 0.717) is 18.7 Å². The molecule has 1 N–H and O–H groups in total. The number of para-hydroxylation sites is 2. The molecule has 0 saturated carbocycles. The number of piperidine rings is 1. The van der Waals surface area contributed by atoms with Gasteiger partial charge in [0.1, 0.15) is 5.82 Å². The van der Waals surface area contributed by atoms with E-state index in [1.807, 2.05) is 23.1 Å². The van der Waals surface area contributed by atoms with Crippen LogP contribution in [0.4, 0.5) is 0 Å². The van der Waals surface area contributed by atoms with Gasteiger partial charge in [0, 0.05) is 30.6 Å². The lowest BCUT2D eigenvalue weighted by Gasteiger charge is -2.33. The van der Waals surface area contributed by atoms with Crippen molar-refractivity contribution >= 4 is 27.0 Å². The highest BCUT2D eigenvalue weighted by molar-refractivity contribution is 7.89. The predicted molar refractivity (Wildman–Crippen MR) is 121 cm³/mol. The molecule has 1 aliphatic rings. The molecular formula is C23H28N4O3S. The zero-order valence-corrected chi connectivity index (χ0v) is 18.9. The molecule has 1 fully saturated rings. The number of imidazole rings is 1. The van der Waals surface area contributed by atoms with E-state index in [2.05, 4.69) is 29.2 Å². The molecule has 2 heterocycles. The number of aromatic nitrogens is 2. The summed E-state index contributed by atoms with van der Waals surface area (Å²) in [5, 5.41) is 0. The summed E-state index contributed by atoms with van der Waals surface area (Å²) in [5.74, 6) is 1.12. The SMILES string of the molecule is CNS(=O)(=O)c1ccc(C(=O)N2CCCC(c3nc4ccccc4n3C(C)C)C2)cc1. The van der Waals surface area contributed by atoms with E-state index >= 15 is 0 Å². The molecule has 2 aromatic carbocycles. The number of carbonyl (C=O) groups excluding carboxylic acids is 1. The first-order valence-corrected chi connectivity index (χ1v) is 12.1. The van der Waals surface area contributed by atoms with Crippen molar-refractivity contribution in [3.05, 3.63) is 59.9 Å². The Labute approximate surface area is 183 Å². The summed E-state index contributed by atoms with van der Waals surface area (Å²) in [6, 6.07) is 14.5. The van der Waals surface area contributed by atoms with Crippen LogP contribution in [0.15, 0.2) is 53.4 Å². The van der Waals surface area contributed by atoms with Gasteiger partial charge < -0.3 is 9.47 Å². The largest absolute Gasteiger partial charge is 0.338 e. The molecule has 8 heteroatoms. The van der Waals surface area contributed by atoms with Gasteiger partial charge in [-0.25, -0.2) is 18.1 Å². The number of hydrogen-bond acceptors (Lipinski definition) is 4. The van der Waals surface area contributed by atoms with Crippen LogP contribution in [0.1, 0.15) is 54.8 Å². The van der Waals surface area contributed by atoms with E-state index in [9.17, 15) is 13.2 Å². The number of hydrogen-bond donors (Lipinski definition) is 1. The predicted octanol–water partition coefficient (Wildman–Crippen LogP) is 3.55. The first kappa shape index (κ1) is 21.5. The summed E-state index contributed by atoms with van der Waals surface area (Å²) in [7, 11) is -2.15. The van der Waals surface area contributed by atoms with Crippen molar-refractivity contribution in [2.45, 2.75) is 43.5 Å². The summed E-state index contributed by atoms with van der Waals surface area (Å²) < 4.78 is 28.4. The quantitative estimate of drug-likeness (QED) is 0.658. The molecule has 0 spiro atoms. The molecule has 1 amide bonds. The van der Waals surface area contributed by atoms with Gasteiger partial charge >= 0.3 is 0 Å². The summed E-state index contributed by atoms with van der Waals surface area (Å²) >= 11 is 0. The number of likely N-dealkylation sites (tertiary alicyclic amines) is 1. The number of rotatable bonds is 5. The smallest absolute Gasteiger partial charge is 0.253 e. The van der Waals surface area contributed by atoms with Crippen molar-refractivity contribution in [2.75, 3.05) is 20.1 Å². The number of nitrogens with zero attached hydrogens (tertiary/aromatic N) is 3. The Morgan fingerprint density at radius 1 is 1.13 bits per heavy atom. The lowest BCUT2D eigenvalue weighted by atomic mass is 9.96. The summed E-state index contributed by atoms with van der Waals surface area (Å²) in [6.45, 7) is 5.60. The Bertz CT molecular complexity index is 1200. The fourth-order valence-corrected chi connectivity index (χ4v) is 5.07. The van der Waals surface area contributed by atoms with E-state index in [-0.39, 0.29) is 22.8 Å². The molecule has 0 radical (unpaired) electrons. The van der Waals surface area contributed by atoms with Gasteiger partial charge in [-0.2, -0.15) is 0 Å². The average Bonchev–Trinajstić information content (AvgIpc) is 3.19. The second-order valence-corrected chi connectivity index (χ2v) is 10.1. The maximum atomic E-state index is 13.1. The standard InChI is InChI=1S/C23H28N4O3S/c1-16(2)27-21-9-5-4-8-20(21)25-22(27)18-7-6-14-26(15-18)23(28)17-10-12-19(13-11-17)31(29,30)24-3/h4-5,8-13,16,18,24H,6-7,14-15H2,1-3H3. The highest BCUT2D eigenvalue weighted by Gasteiger charge is 2.29. The second-order valence-electron chi connectivity index (χ2n) is 8.24. The molecule has 1 unspecified atom stereocenters. The van der Waals surface area contributed by atoms with Crippen molar-refractivity contribution in [3.63, 3.8) is 0 Å². The van der Waals surface area contributed by atoms with Gasteiger partial charge in [0.15, 0.2) is 0 Å². The molecule has 1 aliphatic heterocycles. The first-order chi connectivity index (χ1) is 14.8. The first-order valence-electron chi connectivity index (χ1n) is 10.6. The van der Waals surface area contributed by atoms with Crippen molar-refractivity contribution in [1.82, 2.24) is 19.2 Å². The summed E-state index contributed by atoms with van der Waals surface area (Å²) in [5.41, 5.74) is 2.60. The fourth-order valence-electron chi connectivity index (χ4n) is 4.34. The molecule has 1 atom stereocenters. The average molecular weight is 441 g/mol. The minimum atomic E-state index is -3.52. The highest BCUT2D eigenvalue weighted by Crippen LogP contribution is 2.32. The zero-order valence-electron chi connectivity index (χ0n) is 18.1. The molecule has 4 rings (SSSR count). The van der Waals surface area contributed by atoms with E-state index in [1.165, 1.54) is 19.2 Å². The number of benzene rings is 2. The van der Waals surface area contributed by atoms with Gasteiger partial charge in [0.2, 0.25) is 10.0 Å². The molecular weight excluding hydrogens is 412 g/mol. The second kappa shape index (κ2) is 8.43. The molecule has 1 aromatic heterocycles. The molecule has 0 aliphatic carbocycles. The van der Waals surface area contributed by atoms with Gasteiger partial charge in [-0.15, -0.1) is 0 Å². The molecule has 0 bridgehead atoms. The van der Waals surface area contributed by atoms with E-state index < -0.39 is 10.0 Å². The Morgan fingerprint density at radius 3 is 2.52 bits per heavy atom. The van der Waals surface area contributed by atoms with Crippen molar-refractivity contribution in [2.24, 2.45) is 0 Å². The Hall–Kier alpha value is -2.71. The minimum Gasteiger partial charge on any atom is -0.338 e. The topological polar surface area (TPSA) is 84.3 Å². The Balaban J connectivity index is 1.59. The van der Waals surface area contributed by atoms with E-state index in [0.717, 1.165) is 29.7 Å². The van der Waals surface area contributed by atoms with Crippen LogP contribution in [0.25, 0.3) is 11.0 Å². The van der Waals surface area contributed by atoms with Gasteiger partial charge in [-0.3, -0.25) is 4.79 Å².